The lowest BCUT2D eigenvalue weighted by Crippen LogP contribution is -2.53. The number of unbranched alkanes of at least 4 members (excludes halogenated alkanes) is 1. The van der Waals surface area contributed by atoms with E-state index in [1.165, 1.54) is 11.0 Å². The Hall–Kier alpha value is -3.36. The third-order valence-corrected chi connectivity index (χ3v) is 8.02. The van der Waals surface area contributed by atoms with Crippen molar-refractivity contribution in [2.75, 3.05) is 23.7 Å². The molecular formula is C31H38ClN3O4S. The van der Waals surface area contributed by atoms with Crippen molar-refractivity contribution < 1.29 is 18.0 Å². The van der Waals surface area contributed by atoms with Crippen molar-refractivity contribution >= 4 is 39.1 Å². The van der Waals surface area contributed by atoms with Crippen LogP contribution < -0.4 is 9.62 Å². The first kappa shape index (κ1) is 31.2. The predicted molar refractivity (Wildman–Crippen MR) is 162 cm³/mol. The van der Waals surface area contributed by atoms with E-state index in [0.717, 1.165) is 40.1 Å². The first-order valence-corrected chi connectivity index (χ1v) is 15.6. The summed E-state index contributed by atoms with van der Waals surface area (Å²) in [4.78, 5) is 29.3. The summed E-state index contributed by atoms with van der Waals surface area (Å²) in [5.41, 5.74) is 3.74. The van der Waals surface area contributed by atoms with E-state index >= 15 is 0 Å². The molecule has 3 aromatic rings. The second kappa shape index (κ2) is 14.3. The van der Waals surface area contributed by atoms with E-state index in [9.17, 15) is 18.0 Å². The van der Waals surface area contributed by atoms with Crippen LogP contribution in [0.5, 0.6) is 0 Å². The van der Waals surface area contributed by atoms with Gasteiger partial charge in [0.1, 0.15) is 12.6 Å². The van der Waals surface area contributed by atoms with Crippen molar-refractivity contribution in [3.8, 4) is 0 Å². The monoisotopic (exact) mass is 583 g/mol. The number of hydrogen-bond acceptors (Lipinski definition) is 4. The zero-order valence-corrected chi connectivity index (χ0v) is 25.1. The molecule has 40 heavy (non-hydrogen) atoms. The molecular weight excluding hydrogens is 546 g/mol. The molecule has 0 saturated carbocycles. The standard InChI is InChI=1S/C31H38ClN3O4S/c1-5-6-17-33-31(37)29(19-25-12-8-7-9-13-25)34(21-26-14-10-11-23(2)18-26)30(36)22-35(40(4,38)39)28-20-27(32)16-15-24(28)3/h7-16,18,20,29H,5-6,17,19,21-22H2,1-4H3,(H,33,37)/t29-/m1/s1. The van der Waals surface area contributed by atoms with Crippen molar-refractivity contribution in [3.63, 3.8) is 0 Å². The minimum Gasteiger partial charge on any atom is -0.354 e. The van der Waals surface area contributed by atoms with Gasteiger partial charge in [-0.3, -0.25) is 13.9 Å². The summed E-state index contributed by atoms with van der Waals surface area (Å²) in [6.07, 6.45) is 3.07. The minimum atomic E-state index is -3.86. The molecule has 0 aromatic heterocycles. The van der Waals surface area contributed by atoms with Crippen LogP contribution in [0.25, 0.3) is 0 Å². The van der Waals surface area contributed by atoms with E-state index in [0.29, 0.717) is 22.8 Å². The molecule has 7 nitrogen and oxygen atoms in total. The Kier molecular flexibility index (Phi) is 11.2. The van der Waals surface area contributed by atoms with Gasteiger partial charge < -0.3 is 10.2 Å². The Morgan fingerprint density at radius 1 is 0.950 bits per heavy atom. The highest BCUT2D eigenvalue weighted by molar-refractivity contribution is 7.92. The van der Waals surface area contributed by atoms with Crippen molar-refractivity contribution in [2.45, 2.75) is 52.6 Å². The van der Waals surface area contributed by atoms with Gasteiger partial charge in [0.15, 0.2) is 0 Å². The first-order valence-electron chi connectivity index (χ1n) is 13.4. The molecule has 9 heteroatoms. The van der Waals surface area contributed by atoms with Crippen LogP contribution in [-0.2, 0) is 32.6 Å². The quantitative estimate of drug-likeness (QED) is 0.277. The number of nitrogens with zero attached hydrogens (tertiary/aromatic N) is 2. The Labute approximate surface area is 243 Å². The van der Waals surface area contributed by atoms with Crippen molar-refractivity contribution in [3.05, 3.63) is 100 Å². The number of sulfonamides is 1. The van der Waals surface area contributed by atoms with E-state index in [1.54, 1.807) is 19.1 Å². The molecule has 2 amide bonds. The number of amides is 2. The Bertz CT molecular complexity index is 1410. The molecule has 0 fully saturated rings. The lowest BCUT2D eigenvalue weighted by atomic mass is 10.0. The van der Waals surface area contributed by atoms with Crippen molar-refractivity contribution in [2.24, 2.45) is 0 Å². The summed E-state index contributed by atoms with van der Waals surface area (Å²) >= 11 is 6.21. The molecule has 0 aliphatic heterocycles. The molecule has 1 N–H and O–H groups in total. The fourth-order valence-electron chi connectivity index (χ4n) is 4.51. The van der Waals surface area contributed by atoms with Crippen molar-refractivity contribution in [1.29, 1.82) is 0 Å². The maximum absolute atomic E-state index is 14.1. The summed E-state index contributed by atoms with van der Waals surface area (Å²) in [5.74, 6) is -0.763. The number of benzene rings is 3. The van der Waals surface area contributed by atoms with E-state index in [-0.39, 0.29) is 18.9 Å². The normalized spacial score (nSPS) is 12.0. The average molecular weight is 584 g/mol. The first-order chi connectivity index (χ1) is 19.0. The molecule has 3 rings (SSSR count). The van der Waals surface area contributed by atoms with Gasteiger partial charge in [0.25, 0.3) is 0 Å². The van der Waals surface area contributed by atoms with E-state index in [1.807, 2.05) is 68.4 Å². The van der Waals surface area contributed by atoms with Gasteiger partial charge in [-0.1, -0.05) is 91.2 Å². The summed E-state index contributed by atoms with van der Waals surface area (Å²) < 4.78 is 27.0. The average Bonchev–Trinajstić information content (AvgIpc) is 2.90. The van der Waals surface area contributed by atoms with Crippen LogP contribution in [-0.4, -0.2) is 50.5 Å². The van der Waals surface area contributed by atoms with Gasteiger partial charge in [0.05, 0.1) is 11.9 Å². The molecule has 0 bridgehead atoms. The summed E-state index contributed by atoms with van der Waals surface area (Å²) in [6.45, 7) is 5.92. The van der Waals surface area contributed by atoms with E-state index in [2.05, 4.69) is 5.32 Å². The van der Waals surface area contributed by atoms with Gasteiger partial charge in [-0.15, -0.1) is 0 Å². The molecule has 0 heterocycles. The van der Waals surface area contributed by atoms with E-state index in [4.69, 9.17) is 11.6 Å². The van der Waals surface area contributed by atoms with E-state index < -0.39 is 28.5 Å². The summed E-state index contributed by atoms with van der Waals surface area (Å²) in [7, 11) is -3.86. The molecule has 0 spiro atoms. The summed E-state index contributed by atoms with van der Waals surface area (Å²) in [5, 5.41) is 3.34. The van der Waals surface area contributed by atoms with Crippen LogP contribution in [0.1, 0.15) is 42.0 Å². The molecule has 214 valence electrons. The van der Waals surface area contributed by atoms with Gasteiger partial charge in [-0.2, -0.15) is 0 Å². The Morgan fingerprint density at radius 3 is 2.30 bits per heavy atom. The van der Waals surface area contributed by atoms with Gasteiger partial charge in [-0.05, 0) is 49.1 Å². The lowest BCUT2D eigenvalue weighted by molar-refractivity contribution is -0.140. The summed E-state index contributed by atoms with van der Waals surface area (Å²) in [6, 6.07) is 21.3. The largest absolute Gasteiger partial charge is 0.354 e. The van der Waals surface area contributed by atoms with Crippen molar-refractivity contribution in [1.82, 2.24) is 10.2 Å². The van der Waals surface area contributed by atoms with Crippen LogP contribution in [0.2, 0.25) is 5.02 Å². The lowest BCUT2D eigenvalue weighted by Gasteiger charge is -2.34. The predicted octanol–water partition coefficient (Wildman–Crippen LogP) is 5.28. The number of rotatable bonds is 13. The van der Waals surface area contributed by atoms with Crippen LogP contribution in [0.15, 0.2) is 72.8 Å². The number of carbonyl (C=O) groups is 2. The Morgan fingerprint density at radius 2 is 1.65 bits per heavy atom. The molecule has 0 saturated heterocycles. The number of hydrogen-bond donors (Lipinski definition) is 1. The maximum atomic E-state index is 14.1. The second-order valence-corrected chi connectivity index (χ2v) is 12.4. The van der Waals surface area contributed by atoms with Gasteiger partial charge in [0.2, 0.25) is 21.8 Å². The SMILES string of the molecule is CCCCNC(=O)[C@@H](Cc1ccccc1)N(Cc1cccc(C)c1)C(=O)CN(c1cc(Cl)ccc1C)S(C)(=O)=O. The van der Waals surface area contributed by atoms with Crippen LogP contribution >= 0.6 is 11.6 Å². The highest BCUT2D eigenvalue weighted by atomic mass is 35.5. The van der Waals surface area contributed by atoms with Gasteiger partial charge in [-0.25, -0.2) is 8.42 Å². The highest BCUT2D eigenvalue weighted by Crippen LogP contribution is 2.27. The topological polar surface area (TPSA) is 86.8 Å². The van der Waals surface area contributed by atoms with Crippen LogP contribution in [0.4, 0.5) is 5.69 Å². The third-order valence-electron chi connectivity index (χ3n) is 6.66. The molecule has 1 atom stereocenters. The fourth-order valence-corrected chi connectivity index (χ4v) is 5.58. The number of nitrogens with one attached hydrogen (secondary N) is 1. The molecule has 0 radical (unpaired) electrons. The molecule has 0 aliphatic rings. The number of anilines is 1. The zero-order chi connectivity index (χ0) is 29.3. The molecule has 3 aromatic carbocycles. The number of halogens is 1. The number of carbonyl (C=O) groups excluding carboxylic acids is 2. The van der Waals surface area contributed by atoms with Crippen LogP contribution in [0.3, 0.4) is 0 Å². The third kappa shape index (κ3) is 8.83. The van der Waals surface area contributed by atoms with Crippen LogP contribution in [0, 0.1) is 13.8 Å². The molecule has 0 unspecified atom stereocenters. The molecule has 0 aliphatic carbocycles. The van der Waals surface area contributed by atoms with Gasteiger partial charge in [0, 0.05) is 24.5 Å². The maximum Gasteiger partial charge on any atom is 0.244 e. The second-order valence-electron chi connectivity index (χ2n) is 10.1. The Balaban J connectivity index is 2.06. The fraction of sp³-hybridized carbons (Fsp3) is 0.355. The smallest absolute Gasteiger partial charge is 0.244 e. The minimum absolute atomic E-state index is 0.144. The highest BCUT2D eigenvalue weighted by Gasteiger charge is 2.33. The number of aryl methyl sites for hydroxylation is 2. The zero-order valence-electron chi connectivity index (χ0n) is 23.6. The van der Waals surface area contributed by atoms with Gasteiger partial charge >= 0.3 is 0 Å².